The summed E-state index contributed by atoms with van der Waals surface area (Å²) in [5, 5.41) is 8.80. The third kappa shape index (κ3) is 5.19. The van der Waals surface area contributed by atoms with Crippen LogP contribution in [0.25, 0.3) is 0 Å². The van der Waals surface area contributed by atoms with Crippen molar-refractivity contribution in [3.05, 3.63) is 18.6 Å². The minimum atomic E-state index is -0.101. The highest BCUT2D eigenvalue weighted by molar-refractivity contribution is 5.75. The van der Waals surface area contributed by atoms with Gasteiger partial charge in [-0.3, -0.25) is 9.78 Å². The quantitative estimate of drug-likeness (QED) is 0.675. The summed E-state index contributed by atoms with van der Waals surface area (Å²) in [6.45, 7) is 3.85. The molecule has 8 heteroatoms. The monoisotopic (exact) mass is 306 g/mol. The fraction of sp³-hybridized carbons (Fsp3) is 0.571. The van der Waals surface area contributed by atoms with Crippen molar-refractivity contribution in [1.82, 2.24) is 25.5 Å². The molecule has 0 unspecified atom stereocenters. The lowest BCUT2D eigenvalue weighted by Crippen LogP contribution is -2.52. The van der Waals surface area contributed by atoms with Crippen molar-refractivity contribution in [2.24, 2.45) is 0 Å². The van der Waals surface area contributed by atoms with E-state index in [-0.39, 0.29) is 18.0 Å². The molecule has 3 amide bonds. The molecule has 1 aliphatic heterocycles. The second-order valence-corrected chi connectivity index (χ2v) is 5.24. The average Bonchev–Trinajstić information content (AvgIpc) is 2.52. The van der Waals surface area contributed by atoms with Gasteiger partial charge >= 0.3 is 6.03 Å². The van der Waals surface area contributed by atoms with Crippen LogP contribution in [0.4, 0.5) is 10.6 Å². The van der Waals surface area contributed by atoms with E-state index in [1.165, 1.54) is 6.92 Å². The highest BCUT2D eigenvalue weighted by Gasteiger charge is 2.23. The molecule has 120 valence electrons. The van der Waals surface area contributed by atoms with Crippen LogP contribution in [0.15, 0.2) is 18.6 Å². The summed E-state index contributed by atoms with van der Waals surface area (Å²) in [7, 11) is 0. The van der Waals surface area contributed by atoms with Crippen LogP contribution >= 0.6 is 0 Å². The van der Waals surface area contributed by atoms with Crippen LogP contribution in [0.1, 0.15) is 19.8 Å². The lowest BCUT2D eigenvalue weighted by Gasteiger charge is -2.33. The van der Waals surface area contributed by atoms with Crippen LogP contribution in [0.3, 0.4) is 0 Å². The highest BCUT2D eigenvalue weighted by Crippen LogP contribution is 2.10. The standard InChI is InChI=1S/C14H22N6O2/c1-11(21)19-12-3-2-8-20(10-12)14(22)18-7-6-17-13-9-15-4-5-16-13/h4-5,9,12H,2-3,6-8,10H2,1H3,(H,16,17)(H,18,22)(H,19,21)/t12-/m1/s1. The number of carbonyl (C=O) groups excluding carboxylic acids is 2. The molecule has 0 radical (unpaired) electrons. The number of anilines is 1. The molecule has 0 bridgehead atoms. The van der Waals surface area contributed by atoms with Gasteiger partial charge in [0.25, 0.3) is 0 Å². The van der Waals surface area contributed by atoms with Gasteiger partial charge in [0.05, 0.1) is 6.20 Å². The normalized spacial score (nSPS) is 17.7. The number of nitrogens with zero attached hydrogens (tertiary/aromatic N) is 3. The minimum absolute atomic E-state index is 0.0507. The first-order chi connectivity index (χ1) is 10.6. The van der Waals surface area contributed by atoms with E-state index >= 15 is 0 Å². The topological polar surface area (TPSA) is 99.2 Å². The predicted molar refractivity (Wildman–Crippen MR) is 82.3 cm³/mol. The molecule has 3 N–H and O–H groups in total. The summed E-state index contributed by atoms with van der Waals surface area (Å²) in [6, 6.07) is -0.0503. The van der Waals surface area contributed by atoms with Crippen molar-refractivity contribution >= 4 is 17.8 Å². The minimum Gasteiger partial charge on any atom is -0.367 e. The molecule has 22 heavy (non-hydrogen) atoms. The maximum atomic E-state index is 12.1. The molecule has 2 rings (SSSR count). The van der Waals surface area contributed by atoms with Crippen LogP contribution in [0, 0.1) is 0 Å². The summed E-state index contributed by atoms with van der Waals surface area (Å²) in [4.78, 5) is 32.9. The molecule has 0 aliphatic carbocycles. The van der Waals surface area contributed by atoms with Gasteiger partial charge in [0.1, 0.15) is 5.82 Å². The Balaban J connectivity index is 1.67. The Morgan fingerprint density at radius 1 is 1.36 bits per heavy atom. The zero-order chi connectivity index (χ0) is 15.8. The molecule has 1 fully saturated rings. The molecule has 1 aliphatic rings. The predicted octanol–water partition coefficient (Wildman–Crippen LogP) is 0.199. The Morgan fingerprint density at radius 2 is 2.23 bits per heavy atom. The van der Waals surface area contributed by atoms with Gasteiger partial charge in [-0.2, -0.15) is 0 Å². The summed E-state index contributed by atoms with van der Waals surface area (Å²) < 4.78 is 0. The van der Waals surface area contributed by atoms with E-state index in [1.807, 2.05) is 0 Å². The summed E-state index contributed by atoms with van der Waals surface area (Å²) in [6.07, 6.45) is 6.66. The molecule has 1 aromatic rings. The summed E-state index contributed by atoms with van der Waals surface area (Å²) in [5.41, 5.74) is 0. The Hall–Kier alpha value is -2.38. The van der Waals surface area contributed by atoms with E-state index in [0.29, 0.717) is 25.5 Å². The fourth-order valence-electron chi connectivity index (χ4n) is 2.43. The third-order valence-electron chi connectivity index (χ3n) is 3.39. The SMILES string of the molecule is CC(=O)N[C@@H]1CCCN(C(=O)NCCNc2cnccn2)C1. The lowest BCUT2D eigenvalue weighted by molar-refractivity contribution is -0.119. The van der Waals surface area contributed by atoms with Crippen molar-refractivity contribution in [3.63, 3.8) is 0 Å². The number of rotatable bonds is 5. The largest absolute Gasteiger partial charge is 0.367 e. The number of hydrogen-bond donors (Lipinski definition) is 3. The van der Waals surface area contributed by atoms with E-state index in [1.54, 1.807) is 23.5 Å². The summed E-state index contributed by atoms with van der Waals surface area (Å²) >= 11 is 0. The van der Waals surface area contributed by atoms with E-state index in [0.717, 1.165) is 19.4 Å². The van der Waals surface area contributed by atoms with Gasteiger partial charge in [0.2, 0.25) is 5.91 Å². The first kappa shape index (κ1) is 16.0. The number of likely N-dealkylation sites (tertiary alicyclic amines) is 1. The average molecular weight is 306 g/mol. The smallest absolute Gasteiger partial charge is 0.317 e. The van der Waals surface area contributed by atoms with Gasteiger partial charge in [0.15, 0.2) is 0 Å². The molecular weight excluding hydrogens is 284 g/mol. The van der Waals surface area contributed by atoms with Crippen LogP contribution in [0.5, 0.6) is 0 Å². The Bertz CT molecular complexity index is 495. The van der Waals surface area contributed by atoms with Gasteiger partial charge in [-0.05, 0) is 12.8 Å². The second-order valence-electron chi connectivity index (χ2n) is 5.24. The summed E-state index contributed by atoms with van der Waals surface area (Å²) in [5.74, 6) is 0.626. The molecule has 0 saturated carbocycles. The molecule has 0 aromatic carbocycles. The molecule has 0 spiro atoms. The molecule has 1 aromatic heterocycles. The number of carbonyl (C=O) groups is 2. The van der Waals surface area contributed by atoms with Gasteiger partial charge in [-0.15, -0.1) is 0 Å². The Morgan fingerprint density at radius 3 is 2.95 bits per heavy atom. The molecule has 2 heterocycles. The number of nitrogens with one attached hydrogen (secondary N) is 3. The highest BCUT2D eigenvalue weighted by atomic mass is 16.2. The molecule has 1 saturated heterocycles. The van der Waals surface area contributed by atoms with Crippen molar-refractivity contribution < 1.29 is 9.59 Å². The van der Waals surface area contributed by atoms with Crippen molar-refractivity contribution in [1.29, 1.82) is 0 Å². The van der Waals surface area contributed by atoms with E-state index in [2.05, 4.69) is 25.9 Å². The Kier molecular flexibility index (Phi) is 5.93. The number of aromatic nitrogens is 2. The van der Waals surface area contributed by atoms with Gasteiger partial charge in [-0.1, -0.05) is 0 Å². The maximum Gasteiger partial charge on any atom is 0.317 e. The fourth-order valence-corrected chi connectivity index (χ4v) is 2.43. The number of hydrogen-bond acceptors (Lipinski definition) is 5. The van der Waals surface area contributed by atoms with E-state index < -0.39 is 0 Å². The van der Waals surface area contributed by atoms with Gasteiger partial charge in [-0.25, -0.2) is 9.78 Å². The van der Waals surface area contributed by atoms with Crippen molar-refractivity contribution in [2.45, 2.75) is 25.8 Å². The first-order valence-electron chi connectivity index (χ1n) is 7.45. The zero-order valence-corrected chi connectivity index (χ0v) is 12.7. The van der Waals surface area contributed by atoms with Crippen molar-refractivity contribution in [2.75, 3.05) is 31.5 Å². The zero-order valence-electron chi connectivity index (χ0n) is 12.7. The molecule has 1 atom stereocenters. The number of amides is 3. The van der Waals surface area contributed by atoms with Crippen LogP contribution in [-0.4, -0.2) is 59.0 Å². The van der Waals surface area contributed by atoms with Crippen LogP contribution in [-0.2, 0) is 4.79 Å². The maximum absolute atomic E-state index is 12.1. The Labute approximate surface area is 129 Å². The number of piperidine rings is 1. The van der Waals surface area contributed by atoms with Crippen LogP contribution < -0.4 is 16.0 Å². The van der Waals surface area contributed by atoms with Crippen molar-refractivity contribution in [3.8, 4) is 0 Å². The second kappa shape index (κ2) is 8.16. The van der Waals surface area contributed by atoms with E-state index in [4.69, 9.17) is 0 Å². The first-order valence-corrected chi connectivity index (χ1v) is 7.45. The number of urea groups is 1. The van der Waals surface area contributed by atoms with Crippen LogP contribution in [0.2, 0.25) is 0 Å². The van der Waals surface area contributed by atoms with Gasteiger partial charge in [0, 0.05) is 51.5 Å². The van der Waals surface area contributed by atoms with E-state index in [9.17, 15) is 9.59 Å². The van der Waals surface area contributed by atoms with Gasteiger partial charge < -0.3 is 20.9 Å². The molecule has 8 nitrogen and oxygen atoms in total. The lowest BCUT2D eigenvalue weighted by atomic mass is 10.1. The molecular formula is C14H22N6O2. The third-order valence-corrected chi connectivity index (χ3v) is 3.39.